The molecule has 0 saturated heterocycles. The normalized spacial score (nSPS) is 10.1. The van der Waals surface area contributed by atoms with Crippen LogP contribution < -0.4 is 15.4 Å². The molecule has 0 saturated carbocycles. The summed E-state index contributed by atoms with van der Waals surface area (Å²) in [6.07, 6.45) is 3.02. The molecular weight excluding hydrogens is 288 g/mol. The van der Waals surface area contributed by atoms with Crippen LogP contribution in [0.25, 0.3) is 0 Å². The van der Waals surface area contributed by atoms with Gasteiger partial charge in [-0.15, -0.1) is 0 Å². The van der Waals surface area contributed by atoms with E-state index >= 15 is 0 Å². The van der Waals surface area contributed by atoms with Gasteiger partial charge >= 0.3 is 6.03 Å². The average molecular weight is 312 g/mol. The Morgan fingerprint density at radius 1 is 0.913 bits per heavy atom. The fourth-order valence-corrected chi connectivity index (χ4v) is 2.29. The molecule has 0 aromatic heterocycles. The molecule has 2 rings (SSSR count). The SMILES string of the molecule is COc1ccc(CCCCNC(=O)NCc2ccccc2)cc1. The maximum atomic E-state index is 11.7. The Balaban J connectivity index is 1.55. The van der Waals surface area contributed by atoms with Gasteiger partial charge in [-0.05, 0) is 42.5 Å². The van der Waals surface area contributed by atoms with E-state index in [4.69, 9.17) is 4.74 Å². The highest BCUT2D eigenvalue weighted by Crippen LogP contribution is 2.12. The molecule has 4 heteroatoms. The number of methoxy groups -OCH3 is 1. The Bertz CT molecular complexity index is 582. The van der Waals surface area contributed by atoms with Crippen LogP contribution in [-0.2, 0) is 13.0 Å². The first kappa shape index (κ1) is 16.9. The summed E-state index contributed by atoms with van der Waals surface area (Å²) in [5.74, 6) is 0.880. The number of nitrogens with one attached hydrogen (secondary N) is 2. The Morgan fingerprint density at radius 3 is 2.35 bits per heavy atom. The van der Waals surface area contributed by atoms with Gasteiger partial charge in [0.1, 0.15) is 5.75 Å². The van der Waals surface area contributed by atoms with Gasteiger partial charge in [0.05, 0.1) is 7.11 Å². The van der Waals surface area contributed by atoms with Crippen molar-refractivity contribution < 1.29 is 9.53 Å². The Kier molecular flexibility index (Phi) is 6.98. The molecule has 0 fully saturated rings. The predicted molar refractivity (Wildman–Crippen MR) is 92.6 cm³/mol. The molecule has 2 aromatic rings. The van der Waals surface area contributed by atoms with Gasteiger partial charge in [-0.2, -0.15) is 0 Å². The lowest BCUT2D eigenvalue weighted by Crippen LogP contribution is -2.35. The van der Waals surface area contributed by atoms with E-state index in [9.17, 15) is 4.79 Å². The van der Waals surface area contributed by atoms with Crippen LogP contribution in [0.4, 0.5) is 4.79 Å². The van der Waals surface area contributed by atoms with Crippen molar-refractivity contribution in [3.63, 3.8) is 0 Å². The number of aryl methyl sites for hydroxylation is 1. The van der Waals surface area contributed by atoms with Crippen LogP contribution in [0.5, 0.6) is 5.75 Å². The van der Waals surface area contributed by atoms with Gasteiger partial charge in [0.25, 0.3) is 0 Å². The third-order valence-corrected chi connectivity index (χ3v) is 3.63. The summed E-state index contributed by atoms with van der Waals surface area (Å²) in [4.78, 5) is 11.7. The van der Waals surface area contributed by atoms with Crippen molar-refractivity contribution in [1.29, 1.82) is 0 Å². The van der Waals surface area contributed by atoms with E-state index in [0.717, 1.165) is 30.6 Å². The van der Waals surface area contributed by atoms with Crippen molar-refractivity contribution in [3.8, 4) is 5.75 Å². The average Bonchev–Trinajstić information content (AvgIpc) is 2.61. The first-order valence-electron chi connectivity index (χ1n) is 7.96. The molecule has 0 heterocycles. The summed E-state index contributed by atoms with van der Waals surface area (Å²) in [6, 6.07) is 17.9. The second kappa shape index (κ2) is 9.51. The van der Waals surface area contributed by atoms with E-state index in [0.29, 0.717) is 13.1 Å². The van der Waals surface area contributed by atoms with E-state index in [-0.39, 0.29) is 6.03 Å². The fourth-order valence-electron chi connectivity index (χ4n) is 2.29. The smallest absolute Gasteiger partial charge is 0.315 e. The van der Waals surface area contributed by atoms with Crippen molar-refractivity contribution in [2.45, 2.75) is 25.8 Å². The molecule has 0 bridgehead atoms. The highest BCUT2D eigenvalue weighted by molar-refractivity contribution is 5.73. The second-order valence-corrected chi connectivity index (χ2v) is 5.40. The number of amides is 2. The number of hydrogen-bond donors (Lipinski definition) is 2. The lowest BCUT2D eigenvalue weighted by Gasteiger charge is -2.08. The van der Waals surface area contributed by atoms with E-state index in [1.165, 1.54) is 5.56 Å². The molecule has 0 atom stereocenters. The Hall–Kier alpha value is -2.49. The van der Waals surface area contributed by atoms with Gasteiger partial charge in [-0.1, -0.05) is 42.5 Å². The summed E-state index contributed by atoms with van der Waals surface area (Å²) in [7, 11) is 1.67. The van der Waals surface area contributed by atoms with Crippen LogP contribution in [0.15, 0.2) is 54.6 Å². The molecule has 0 aliphatic carbocycles. The van der Waals surface area contributed by atoms with Crippen molar-refractivity contribution in [3.05, 3.63) is 65.7 Å². The topological polar surface area (TPSA) is 50.4 Å². The van der Waals surface area contributed by atoms with Gasteiger partial charge in [0.2, 0.25) is 0 Å². The van der Waals surface area contributed by atoms with Crippen LogP contribution in [0.2, 0.25) is 0 Å². The lowest BCUT2D eigenvalue weighted by atomic mass is 10.1. The van der Waals surface area contributed by atoms with Crippen molar-refractivity contribution in [2.75, 3.05) is 13.7 Å². The quantitative estimate of drug-likeness (QED) is 0.733. The molecular formula is C19H24N2O2. The van der Waals surface area contributed by atoms with E-state index in [1.807, 2.05) is 42.5 Å². The second-order valence-electron chi connectivity index (χ2n) is 5.40. The summed E-state index contributed by atoms with van der Waals surface area (Å²) in [5, 5.41) is 5.74. The number of hydrogen-bond acceptors (Lipinski definition) is 2. The molecule has 0 unspecified atom stereocenters. The lowest BCUT2D eigenvalue weighted by molar-refractivity contribution is 0.240. The standard InChI is InChI=1S/C19H24N2O2/c1-23-18-12-10-16(11-13-18)7-5-6-14-20-19(22)21-15-17-8-3-2-4-9-17/h2-4,8-13H,5-7,14-15H2,1H3,(H2,20,21,22). The largest absolute Gasteiger partial charge is 0.497 e. The van der Waals surface area contributed by atoms with Crippen LogP contribution >= 0.6 is 0 Å². The molecule has 23 heavy (non-hydrogen) atoms. The monoisotopic (exact) mass is 312 g/mol. The summed E-state index contributed by atoms with van der Waals surface area (Å²) in [5.41, 5.74) is 2.39. The number of unbranched alkanes of at least 4 members (excludes halogenated alkanes) is 1. The van der Waals surface area contributed by atoms with Crippen molar-refractivity contribution in [1.82, 2.24) is 10.6 Å². The van der Waals surface area contributed by atoms with E-state index in [1.54, 1.807) is 7.11 Å². The number of rotatable bonds is 8. The molecule has 0 spiro atoms. The maximum Gasteiger partial charge on any atom is 0.315 e. The predicted octanol–water partition coefficient (Wildman–Crippen LogP) is 3.52. The third-order valence-electron chi connectivity index (χ3n) is 3.63. The van der Waals surface area contributed by atoms with Crippen molar-refractivity contribution in [2.24, 2.45) is 0 Å². The van der Waals surface area contributed by atoms with E-state index in [2.05, 4.69) is 22.8 Å². The van der Waals surface area contributed by atoms with Crippen LogP contribution in [0.1, 0.15) is 24.0 Å². The summed E-state index contributed by atoms with van der Waals surface area (Å²) < 4.78 is 5.14. The van der Waals surface area contributed by atoms with E-state index < -0.39 is 0 Å². The van der Waals surface area contributed by atoms with Gasteiger partial charge in [0, 0.05) is 13.1 Å². The zero-order valence-electron chi connectivity index (χ0n) is 13.5. The highest BCUT2D eigenvalue weighted by Gasteiger charge is 2.00. The molecule has 2 aromatic carbocycles. The fraction of sp³-hybridized carbons (Fsp3) is 0.316. The number of carbonyl (C=O) groups is 1. The minimum absolute atomic E-state index is 0.113. The number of urea groups is 1. The van der Waals surface area contributed by atoms with Gasteiger partial charge in [0.15, 0.2) is 0 Å². The van der Waals surface area contributed by atoms with Crippen LogP contribution in [-0.4, -0.2) is 19.7 Å². The number of ether oxygens (including phenoxy) is 1. The van der Waals surface area contributed by atoms with Gasteiger partial charge in [-0.25, -0.2) is 4.79 Å². The minimum Gasteiger partial charge on any atom is -0.497 e. The van der Waals surface area contributed by atoms with Crippen molar-refractivity contribution >= 4 is 6.03 Å². The van der Waals surface area contributed by atoms with Gasteiger partial charge < -0.3 is 15.4 Å². The van der Waals surface area contributed by atoms with Gasteiger partial charge in [-0.3, -0.25) is 0 Å². The molecule has 2 amide bonds. The molecule has 0 radical (unpaired) electrons. The Labute approximate surface area is 137 Å². The first-order chi connectivity index (χ1) is 11.3. The first-order valence-corrected chi connectivity index (χ1v) is 7.96. The Morgan fingerprint density at radius 2 is 1.65 bits per heavy atom. The summed E-state index contributed by atoms with van der Waals surface area (Å²) >= 11 is 0. The molecule has 2 N–H and O–H groups in total. The minimum atomic E-state index is -0.113. The number of carbonyl (C=O) groups excluding carboxylic acids is 1. The summed E-state index contributed by atoms with van der Waals surface area (Å²) in [6.45, 7) is 1.25. The third kappa shape index (κ3) is 6.43. The molecule has 122 valence electrons. The highest BCUT2D eigenvalue weighted by atomic mass is 16.5. The molecule has 0 aliphatic rings. The zero-order valence-corrected chi connectivity index (χ0v) is 13.5. The molecule has 4 nitrogen and oxygen atoms in total. The maximum absolute atomic E-state index is 11.7. The number of benzene rings is 2. The van der Waals surface area contributed by atoms with Crippen LogP contribution in [0.3, 0.4) is 0 Å². The molecule has 0 aliphatic heterocycles. The van der Waals surface area contributed by atoms with Crippen LogP contribution in [0, 0.1) is 0 Å². The zero-order chi connectivity index (χ0) is 16.3.